The summed E-state index contributed by atoms with van der Waals surface area (Å²) in [6.07, 6.45) is 2.28. The molecule has 2 aromatic carbocycles. The molecular weight excluding hydrogens is 340 g/mol. The van der Waals surface area contributed by atoms with E-state index in [9.17, 15) is 4.79 Å². The number of carbonyl (C=O) groups excluding carboxylic acids is 1. The fourth-order valence-corrected chi connectivity index (χ4v) is 2.66. The largest absolute Gasteiger partial charge is 0.491 e. The summed E-state index contributed by atoms with van der Waals surface area (Å²) in [5.74, 6) is 0.453. The van der Waals surface area contributed by atoms with Crippen LogP contribution in [0.5, 0.6) is 5.75 Å². The van der Waals surface area contributed by atoms with Crippen molar-refractivity contribution in [3.8, 4) is 5.75 Å². The van der Waals surface area contributed by atoms with Crippen molar-refractivity contribution < 1.29 is 14.3 Å². The Morgan fingerprint density at radius 2 is 2.04 bits per heavy atom. The van der Waals surface area contributed by atoms with Crippen LogP contribution in [0.2, 0.25) is 0 Å². The molecule has 25 heavy (non-hydrogen) atoms. The number of halogens is 1. The second kappa shape index (κ2) is 9.42. The van der Waals surface area contributed by atoms with Crippen LogP contribution in [-0.2, 0) is 9.53 Å². The van der Waals surface area contributed by atoms with E-state index in [0.29, 0.717) is 18.0 Å². The second-order valence-electron chi connectivity index (χ2n) is 5.85. The van der Waals surface area contributed by atoms with Gasteiger partial charge in [-0.05, 0) is 30.5 Å². The van der Waals surface area contributed by atoms with Crippen LogP contribution in [0.15, 0.2) is 54.6 Å². The summed E-state index contributed by atoms with van der Waals surface area (Å²) in [6, 6.07) is 15.9. The summed E-state index contributed by atoms with van der Waals surface area (Å²) in [5.41, 5.74) is 7.45. The molecule has 3 N–H and O–H groups in total. The molecule has 5 nitrogen and oxygen atoms in total. The first-order valence-electron chi connectivity index (χ1n) is 8.18. The molecule has 0 aromatic heterocycles. The van der Waals surface area contributed by atoms with E-state index in [0.717, 1.165) is 25.0 Å². The summed E-state index contributed by atoms with van der Waals surface area (Å²) in [4.78, 5) is 12.3. The van der Waals surface area contributed by atoms with Gasteiger partial charge in [-0.3, -0.25) is 4.79 Å². The lowest BCUT2D eigenvalue weighted by molar-refractivity contribution is -0.117. The molecule has 1 saturated heterocycles. The second-order valence-corrected chi connectivity index (χ2v) is 5.85. The van der Waals surface area contributed by atoms with Gasteiger partial charge in [0.25, 0.3) is 0 Å². The third-order valence-corrected chi connectivity index (χ3v) is 4.00. The maximum Gasteiger partial charge on any atom is 0.245 e. The molecule has 134 valence electrons. The Morgan fingerprint density at radius 1 is 1.24 bits per heavy atom. The molecular formula is C19H23ClN2O3. The fourth-order valence-electron chi connectivity index (χ4n) is 2.66. The molecule has 2 unspecified atom stereocenters. The van der Waals surface area contributed by atoms with Crippen molar-refractivity contribution in [3.05, 3.63) is 60.2 Å². The average molecular weight is 363 g/mol. The number of amides is 1. The highest BCUT2D eigenvalue weighted by Gasteiger charge is 2.17. The van der Waals surface area contributed by atoms with Gasteiger partial charge in [-0.15, -0.1) is 12.4 Å². The van der Waals surface area contributed by atoms with Crippen LogP contribution in [0.25, 0.3) is 0 Å². The molecule has 2 aromatic rings. The van der Waals surface area contributed by atoms with E-state index in [-0.39, 0.29) is 24.4 Å². The lowest BCUT2D eigenvalue weighted by atomic mass is 10.1. The number of nitrogens with two attached hydrogens (primary N) is 1. The quantitative estimate of drug-likeness (QED) is 0.826. The fraction of sp³-hybridized carbons (Fsp3) is 0.316. The molecule has 2 atom stereocenters. The van der Waals surface area contributed by atoms with Crippen LogP contribution in [0.1, 0.15) is 24.4 Å². The van der Waals surface area contributed by atoms with Crippen LogP contribution in [0, 0.1) is 0 Å². The number of nitrogens with one attached hydrogen (secondary N) is 1. The number of anilines is 1. The summed E-state index contributed by atoms with van der Waals surface area (Å²) >= 11 is 0. The maximum atomic E-state index is 12.3. The molecule has 1 fully saturated rings. The standard InChI is InChI=1S/C19H22N2O3.ClH/c20-18(14-6-2-1-3-7-14)19(22)21-15-8-4-9-16(12-15)24-13-17-10-5-11-23-17;/h1-4,6-9,12,17-18H,5,10-11,13,20H2,(H,21,22);1H. The summed E-state index contributed by atoms with van der Waals surface area (Å²) in [5, 5.41) is 2.83. The van der Waals surface area contributed by atoms with Crippen LogP contribution in [0.4, 0.5) is 5.69 Å². The van der Waals surface area contributed by atoms with Crippen LogP contribution >= 0.6 is 12.4 Å². The smallest absolute Gasteiger partial charge is 0.245 e. The van der Waals surface area contributed by atoms with E-state index in [1.165, 1.54) is 0 Å². The molecule has 1 aliphatic heterocycles. The molecule has 6 heteroatoms. The summed E-state index contributed by atoms with van der Waals surface area (Å²) < 4.78 is 11.3. The van der Waals surface area contributed by atoms with E-state index in [2.05, 4.69) is 5.32 Å². The Labute approximate surface area is 153 Å². The highest BCUT2D eigenvalue weighted by atomic mass is 35.5. The maximum absolute atomic E-state index is 12.3. The molecule has 3 rings (SSSR count). The third-order valence-electron chi connectivity index (χ3n) is 4.00. The zero-order valence-electron chi connectivity index (χ0n) is 13.9. The van der Waals surface area contributed by atoms with Crippen LogP contribution < -0.4 is 15.8 Å². The number of hydrogen-bond donors (Lipinski definition) is 2. The monoisotopic (exact) mass is 362 g/mol. The minimum Gasteiger partial charge on any atom is -0.491 e. The van der Waals surface area contributed by atoms with Gasteiger partial charge in [0.2, 0.25) is 5.91 Å². The van der Waals surface area contributed by atoms with Gasteiger partial charge in [0.05, 0.1) is 6.10 Å². The van der Waals surface area contributed by atoms with Gasteiger partial charge >= 0.3 is 0 Å². The van der Waals surface area contributed by atoms with Crippen molar-refractivity contribution in [2.24, 2.45) is 5.73 Å². The molecule has 1 heterocycles. The number of carbonyl (C=O) groups is 1. The number of benzene rings is 2. The molecule has 0 radical (unpaired) electrons. The Kier molecular flexibility index (Phi) is 7.25. The first-order valence-corrected chi connectivity index (χ1v) is 8.18. The van der Waals surface area contributed by atoms with E-state index in [1.54, 1.807) is 6.07 Å². The van der Waals surface area contributed by atoms with Gasteiger partial charge in [0.1, 0.15) is 18.4 Å². The normalized spacial score (nSPS) is 17.4. The van der Waals surface area contributed by atoms with E-state index in [1.807, 2.05) is 48.5 Å². The summed E-state index contributed by atoms with van der Waals surface area (Å²) in [6.45, 7) is 1.34. The van der Waals surface area contributed by atoms with Crippen molar-refractivity contribution in [1.29, 1.82) is 0 Å². The van der Waals surface area contributed by atoms with E-state index in [4.69, 9.17) is 15.2 Å². The lowest BCUT2D eigenvalue weighted by Crippen LogP contribution is -2.27. The minimum absolute atomic E-state index is 0. The van der Waals surface area contributed by atoms with Gasteiger partial charge in [0, 0.05) is 18.4 Å². The topological polar surface area (TPSA) is 73.6 Å². The summed E-state index contributed by atoms with van der Waals surface area (Å²) in [7, 11) is 0. The predicted octanol–water partition coefficient (Wildman–Crippen LogP) is 3.30. The number of ether oxygens (including phenoxy) is 2. The van der Waals surface area contributed by atoms with Crippen molar-refractivity contribution in [3.63, 3.8) is 0 Å². The molecule has 0 saturated carbocycles. The first-order chi connectivity index (χ1) is 11.7. The molecule has 0 spiro atoms. The van der Waals surface area contributed by atoms with Crippen molar-refractivity contribution in [1.82, 2.24) is 0 Å². The Bertz CT molecular complexity index is 675. The van der Waals surface area contributed by atoms with Crippen molar-refractivity contribution in [2.75, 3.05) is 18.5 Å². The van der Waals surface area contributed by atoms with Gasteiger partial charge in [-0.25, -0.2) is 0 Å². The zero-order valence-corrected chi connectivity index (χ0v) is 14.7. The van der Waals surface area contributed by atoms with Crippen molar-refractivity contribution >= 4 is 24.0 Å². The minimum atomic E-state index is -0.706. The van der Waals surface area contributed by atoms with Crippen LogP contribution in [-0.4, -0.2) is 25.2 Å². The molecule has 0 aliphatic carbocycles. The SMILES string of the molecule is Cl.NC(C(=O)Nc1cccc(OCC2CCCO2)c1)c1ccccc1. The zero-order chi connectivity index (χ0) is 16.8. The average Bonchev–Trinajstić information content (AvgIpc) is 3.14. The predicted molar refractivity (Wildman–Crippen MR) is 100 cm³/mol. The molecule has 0 bridgehead atoms. The third kappa shape index (κ3) is 5.46. The Morgan fingerprint density at radius 3 is 2.76 bits per heavy atom. The van der Waals surface area contributed by atoms with Crippen LogP contribution in [0.3, 0.4) is 0 Å². The Hall–Kier alpha value is -2.08. The highest BCUT2D eigenvalue weighted by Crippen LogP contribution is 2.21. The van der Waals surface area contributed by atoms with E-state index >= 15 is 0 Å². The highest BCUT2D eigenvalue weighted by molar-refractivity contribution is 5.95. The number of hydrogen-bond acceptors (Lipinski definition) is 4. The van der Waals surface area contributed by atoms with E-state index < -0.39 is 6.04 Å². The van der Waals surface area contributed by atoms with Gasteiger partial charge in [-0.2, -0.15) is 0 Å². The van der Waals surface area contributed by atoms with Gasteiger partial charge in [-0.1, -0.05) is 36.4 Å². The van der Waals surface area contributed by atoms with Gasteiger partial charge < -0.3 is 20.5 Å². The van der Waals surface area contributed by atoms with Gasteiger partial charge in [0.15, 0.2) is 0 Å². The number of rotatable bonds is 6. The molecule has 1 amide bonds. The lowest BCUT2D eigenvalue weighted by Gasteiger charge is -2.14. The Balaban J connectivity index is 0.00000225. The molecule has 1 aliphatic rings. The first kappa shape index (κ1) is 19.2. The van der Waals surface area contributed by atoms with Crippen molar-refractivity contribution in [2.45, 2.75) is 25.0 Å².